The molecule has 0 radical (unpaired) electrons. The molecular weight excluding hydrogens is 278 g/mol. The zero-order valence-electron chi connectivity index (χ0n) is 12.7. The molecule has 2 rings (SSSR count). The summed E-state index contributed by atoms with van der Waals surface area (Å²) in [6.07, 6.45) is 1.45. The Bertz CT molecular complexity index is 669. The van der Waals surface area contributed by atoms with Crippen molar-refractivity contribution >= 4 is 17.5 Å². The maximum absolute atomic E-state index is 11.9. The molecule has 0 aliphatic rings. The predicted molar refractivity (Wildman–Crippen MR) is 85.2 cm³/mol. The SMILES string of the molecule is Cc1cccc(NC(=O)CC(=O)NCc2ccccn2)c1C. The van der Waals surface area contributed by atoms with Gasteiger partial charge in [-0.25, -0.2) is 0 Å². The van der Waals surface area contributed by atoms with Crippen LogP contribution in [0.4, 0.5) is 5.69 Å². The van der Waals surface area contributed by atoms with E-state index in [1.165, 1.54) is 0 Å². The third-order valence-electron chi connectivity index (χ3n) is 3.39. The van der Waals surface area contributed by atoms with Crippen LogP contribution in [0.2, 0.25) is 0 Å². The molecule has 114 valence electrons. The minimum absolute atomic E-state index is 0.208. The third-order valence-corrected chi connectivity index (χ3v) is 3.39. The van der Waals surface area contributed by atoms with Crippen LogP contribution in [0.3, 0.4) is 0 Å². The fourth-order valence-electron chi connectivity index (χ4n) is 1.98. The van der Waals surface area contributed by atoms with Gasteiger partial charge in [0.2, 0.25) is 11.8 Å². The van der Waals surface area contributed by atoms with Crippen LogP contribution in [0.1, 0.15) is 23.2 Å². The third kappa shape index (κ3) is 4.41. The Hall–Kier alpha value is -2.69. The predicted octanol–water partition coefficient (Wildman–Crippen LogP) is 2.34. The van der Waals surface area contributed by atoms with Gasteiger partial charge in [0.05, 0.1) is 12.2 Å². The number of rotatable bonds is 5. The van der Waals surface area contributed by atoms with Crippen LogP contribution in [0.5, 0.6) is 0 Å². The molecule has 0 aliphatic heterocycles. The first-order valence-corrected chi connectivity index (χ1v) is 7.09. The first-order chi connectivity index (χ1) is 10.6. The summed E-state index contributed by atoms with van der Waals surface area (Å²) in [5.41, 5.74) is 3.59. The van der Waals surface area contributed by atoms with E-state index in [1.807, 2.05) is 50.2 Å². The maximum Gasteiger partial charge on any atom is 0.233 e. The van der Waals surface area contributed by atoms with E-state index in [9.17, 15) is 9.59 Å². The lowest BCUT2D eigenvalue weighted by molar-refractivity contribution is -0.126. The lowest BCUT2D eigenvalue weighted by Gasteiger charge is -2.10. The van der Waals surface area contributed by atoms with E-state index in [-0.39, 0.29) is 18.2 Å². The molecule has 2 amide bonds. The number of hydrogen-bond donors (Lipinski definition) is 2. The largest absolute Gasteiger partial charge is 0.350 e. The molecule has 0 aliphatic carbocycles. The van der Waals surface area contributed by atoms with Crippen molar-refractivity contribution in [2.24, 2.45) is 0 Å². The molecule has 1 aromatic carbocycles. The first-order valence-electron chi connectivity index (χ1n) is 7.09. The van der Waals surface area contributed by atoms with E-state index < -0.39 is 0 Å². The molecule has 2 N–H and O–H groups in total. The fourth-order valence-corrected chi connectivity index (χ4v) is 1.98. The molecule has 0 fully saturated rings. The van der Waals surface area contributed by atoms with Crippen molar-refractivity contribution in [3.8, 4) is 0 Å². The smallest absolute Gasteiger partial charge is 0.233 e. The number of nitrogens with zero attached hydrogens (tertiary/aromatic N) is 1. The second kappa shape index (κ2) is 7.36. The van der Waals surface area contributed by atoms with Crippen molar-refractivity contribution in [2.75, 3.05) is 5.32 Å². The average molecular weight is 297 g/mol. The van der Waals surface area contributed by atoms with Gasteiger partial charge in [-0.1, -0.05) is 18.2 Å². The molecule has 2 aromatic rings. The van der Waals surface area contributed by atoms with Gasteiger partial charge in [0.15, 0.2) is 0 Å². The molecule has 0 saturated heterocycles. The average Bonchev–Trinajstić information content (AvgIpc) is 2.51. The normalized spacial score (nSPS) is 10.1. The summed E-state index contributed by atoms with van der Waals surface area (Å²) < 4.78 is 0. The lowest BCUT2D eigenvalue weighted by atomic mass is 10.1. The first kappa shape index (κ1) is 15.7. The van der Waals surface area contributed by atoms with Crippen LogP contribution in [-0.2, 0) is 16.1 Å². The van der Waals surface area contributed by atoms with Gasteiger partial charge in [-0.05, 0) is 43.2 Å². The quantitative estimate of drug-likeness (QED) is 0.832. The van der Waals surface area contributed by atoms with Gasteiger partial charge in [-0.2, -0.15) is 0 Å². The summed E-state index contributed by atoms with van der Waals surface area (Å²) in [5.74, 6) is -0.652. The van der Waals surface area contributed by atoms with Gasteiger partial charge >= 0.3 is 0 Å². The molecule has 0 atom stereocenters. The van der Waals surface area contributed by atoms with Crippen molar-refractivity contribution in [2.45, 2.75) is 26.8 Å². The van der Waals surface area contributed by atoms with Crippen LogP contribution in [0.15, 0.2) is 42.6 Å². The number of anilines is 1. The Morgan fingerprint density at radius 1 is 1.05 bits per heavy atom. The Labute approximate surface area is 129 Å². The molecule has 1 aromatic heterocycles. The number of hydrogen-bond acceptors (Lipinski definition) is 3. The number of carbonyl (C=O) groups is 2. The molecular formula is C17H19N3O2. The molecule has 0 spiro atoms. The van der Waals surface area contributed by atoms with Crippen LogP contribution in [0.25, 0.3) is 0 Å². The number of aromatic nitrogens is 1. The summed E-state index contributed by atoms with van der Waals surface area (Å²) in [4.78, 5) is 27.8. The minimum atomic E-state index is -0.327. The van der Waals surface area contributed by atoms with Crippen molar-refractivity contribution in [1.82, 2.24) is 10.3 Å². The molecule has 0 saturated carbocycles. The van der Waals surface area contributed by atoms with Crippen molar-refractivity contribution in [3.05, 3.63) is 59.4 Å². The number of carbonyl (C=O) groups excluding carboxylic acids is 2. The molecule has 0 unspecified atom stereocenters. The summed E-state index contributed by atoms with van der Waals surface area (Å²) in [7, 11) is 0. The number of pyridine rings is 1. The number of nitrogens with one attached hydrogen (secondary N) is 2. The van der Waals surface area contributed by atoms with Crippen molar-refractivity contribution in [1.29, 1.82) is 0 Å². The maximum atomic E-state index is 11.9. The number of benzene rings is 1. The van der Waals surface area contributed by atoms with E-state index >= 15 is 0 Å². The highest BCUT2D eigenvalue weighted by molar-refractivity contribution is 6.03. The van der Waals surface area contributed by atoms with Gasteiger partial charge in [-0.3, -0.25) is 14.6 Å². The van der Waals surface area contributed by atoms with E-state index in [0.29, 0.717) is 6.54 Å². The van der Waals surface area contributed by atoms with Gasteiger partial charge in [0.1, 0.15) is 6.42 Å². The van der Waals surface area contributed by atoms with E-state index in [0.717, 1.165) is 22.5 Å². The second-order valence-corrected chi connectivity index (χ2v) is 5.07. The van der Waals surface area contributed by atoms with Crippen molar-refractivity contribution in [3.63, 3.8) is 0 Å². The fraction of sp³-hybridized carbons (Fsp3) is 0.235. The Kier molecular flexibility index (Phi) is 5.25. The van der Waals surface area contributed by atoms with E-state index in [2.05, 4.69) is 15.6 Å². The topological polar surface area (TPSA) is 71.1 Å². The Balaban J connectivity index is 1.84. The van der Waals surface area contributed by atoms with Gasteiger partial charge in [0, 0.05) is 11.9 Å². The standard InChI is InChI=1S/C17H19N3O2/c1-12-6-5-8-15(13(12)2)20-17(22)10-16(21)19-11-14-7-3-4-9-18-14/h3-9H,10-11H2,1-2H3,(H,19,21)(H,20,22). The number of amides is 2. The van der Waals surface area contributed by atoms with Gasteiger partial charge in [-0.15, -0.1) is 0 Å². The van der Waals surface area contributed by atoms with E-state index in [4.69, 9.17) is 0 Å². The van der Waals surface area contributed by atoms with Crippen molar-refractivity contribution < 1.29 is 9.59 Å². The van der Waals surface area contributed by atoms with Crippen LogP contribution < -0.4 is 10.6 Å². The van der Waals surface area contributed by atoms with Gasteiger partial charge < -0.3 is 10.6 Å². The Morgan fingerprint density at radius 2 is 1.86 bits per heavy atom. The van der Waals surface area contributed by atoms with Gasteiger partial charge in [0.25, 0.3) is 0 Å². The molecule has 22 heavy (non-hydrogen) atoms. The van der Waals surface area contributed by atoms with Crippen LogP contribution in [0, 0.1) is 13.8 Å². The highest BCUT2D eigenvalue weighted by atomic mass is 16.2. The minimum Gasteiger partial charge on any atom is -0.350 e. The molecule has 1 heterocycles. The molecule has 5 heteroatoms. The second-order valence-electron chi connectivity index (χ2n) is 5.07. The molecule has 5 nitrogen and oxygen atoms in total. The van der Waals surface area contributed by atoms with E-state index in [1.54, 1.807) is 6.20 Å². The highest BCUT2D eigenvalue weighted by Gasteiger charge is 2.11. The summed E-state index contributed by atoms with van der Waals surface area (Å²) in [6, 6.07) is 11.1. The van der Waals surface area contributed by atoms with Crippen LogP contribution in [-0.4, -0.2) is 16.8 Å². The number of aryl methyl sites for hydroxylation is 1. The zero-order valence-corrected chi connectivity index (χ0v) is 12.7. The van der Waals surface area contributed by atoms with Crippen LogP contribution >= 0.6 is 0 Å². The lowest BCUT2D eigenvalue weighted by Crippen LogP contribution is -2.28. The Morgan fingerprint density at radius 3 is 2.59 bits per heavy atom. The monoisotopic (exact) mass is 297 g/mol. The highest BCUT2D eigenvalue weighted by Crippen LogP contribution is 2.17. The summed E-state index contributed by atoms with van der Waals surface area (Å²) in [5, 5.41) is 5.44. The summed E-state index contributed by atoms with van der Waals surface area (Å²) >= 11 is 0. The molecule has 0 bridgehead atoms. The summed E-state index contributed by atoms with van der Waals surface area (Å²) in [6.45, 7) is 4.23. The zero-order chi connectivity index (χ0) is 15.9.